The molecule has 0 N–H and O–H groups in total. The van der Waals surface area contributed by atoms with Crippen molar-refractivity contribution in [2.24, 2.45) is 0 Å². The number of esters is 1. The van der Waals surface area contributed by atoms with Crippen LogP contribution in [0.3, 0.4) is 0 Å². The highest BCUT2D eigenvalue weighted by Gasteiger charge is 2.28. The molecule has 0 bridgehead atoms. The van der Waals surface area contributed by atoms with Gasteiger partial charge in [-0.05, 0) is 54.8 Å². The summed E-state index contributed by atoms with van der Waals surface area (Å²) in [5.74, 6) is 0.333. The zero-order chi connectivity index (χ0) is 20.4. The third kappa shape index (κ3) is 3.97. The summed E-state index contributed by atoms with van der Waals surface area (Å²) in [4.78, 5) is 24.9. The van der Waals surface area contributed by atoms with Crippen LogP contribution in [0.1, 0.15) is 44.3 Å². The topological polar surface area (TPSA) is 52.6 Å². The fraction of sp³-hybridized carbons (Fsp3) is 0.120. The molecule has 4 heteroatoms. The summed E-state index contributed by atoms with van der Waals surface area (Å²) in [7, 11) is 0. The van der Waals surface area contributed by atoms with Crippen molar-refractivity contribution in [3.05, 3.63) is 100 Å². The molecular weight excluding hydrogens is 364 g/mol. The quantitative estimate of drug-likeness (QED) is 0.344. The van der Waals surface area contributed by atoms with E-state index in [-0.39, 0.29) is 11.5 Å². The number of carbonyl (C=O) groups is 2. The lowest BCUT2D eigenvalue weighted by atomic mass is 10.1. The Morgan fingerprint density at radius 3 is 2.41 bits per heavy atom. The Kier molecular flexibility index (Phi) is 5.00. The predicted molar refractivity (Wildman–Crippen MR) is 111 cm³/mol. The molecule has 0 radical (unpaired) electrons. The van der Waals surface area contributed by atoms with Gasteiger partial charge in [-0.3, -0.25) is 4.79 Å². The summed E-state index contributed by atoms with van der Waals surface area (Å²) in [6, 6.07) is 19.9. The average molecular weight is 384 g/mol. The van der Waals surface area contributed by atoms with E-state index in [0.29, 0.717) is 22.6 Å². The smallest absolute Gasteiger partial charge is 0.343 e. The van der Waals surface area contributed by atoms with E-state index < -0.39 is 5.97 Å². The fourth-order valence-electron chi connectivity index (χ4n) is 3.09. The number of hydrogen-bond acceptors (Lipinski definition) is 4. The maximum absolute atomic E-state index is 12.6. The second kappa shape index (κ2) is 7.76. The molecule has 4 nitrogen and oxygen atoms in total. The first-order chi connectivity index (χ1) is 14.0. The van der Waals surface area contributed by atoms with E-state index in [9.17, 15) is 9.59 Å². The fourth-order valence-corrected chi connectivity index (χ4v) is 3.09. The number of rotatable bonds is 4. The molecule has 144 valence electrons. The lowest BCUT2D eigenvalue weighted by Gasteiger charge is -2.06. The van der Waals surface area contributed by atoms with Gasteiger partial charge in [-0.25, -0.2) is 4.79 Å². The van der Waals surface area contributed by atoms with Crippen molar-refractivity contribution >= 4 is 17.8 Å². The number of ketones is 1. The molecule has 0 atom stereocenters. The van der Waals surface area contributed by atoms with Gasteiger partial charge < -0.3 is 9.47 Å². The van der Waals surface area contributed by atoms with Crippen molar-refractivity contribution in [3.63, 3.8) is 0 Å². The molecule has 0 aliphatic carbocycles. The highest BCUT2D eigenvalue weighted by molar-refractivity contribution is 6.14. The summed E-state index contributed by atoms with van der Waals surface area (Å²) in [5.41, 5.74) is 4.11. The molecule has 1 aliphatic heterocycles. The summed E-state index contributed by atoms with van der Waals surface area (Å²) in [5, 5.41) is 0. The first-order valence-electron chi connectivity index (χ1n) is 9.49. The van der Waals surface area contributed by atoms with E-state index in [0.717, 1.165) is 17.5 Å². The van der Waals surface area contributed by atoms with Gasteiger partial charge in [0.2, 0.25) is 5.78 Å². The standard InChI is InChI=1S/C25H20O4/c1-3-17-6-8-18(9-7-17)14-23-24(26)21-13-12-20(15-22(21)29-23)28-25(27)19-10-4-16(2)5-11-19/h4-15H,3H2,1-2H3/b23-14-. The van der Waals surface area contributed by atoms with Gasteiger partial charge in [0, 0.05) is 6.07 Å². The normalized spacial score (nSPS) is 13.9. The number of hydrogen-bond donors (Lipinski definition) is 0. The van der Waals surface area contributed by atoms with Gasteiger partial charge in [0.15, 0.2) is 5.76 Å². The van der Waals surface area contributed by atoms with E-state index in [1.807, 2.05) is 43.3 Å². The molecule has 0 saturated carbocycles. The van der Waals surface area contributed by atoms with Crippen LogP contribution in [0.4, 0.5) is 0 Å². The summed E-state index contributed by atoms with van der Waals surface area (Å²) in [6.07, 6.45) is 2.68. The van der Waals surface area contributed by atoms with Crippen LogP contribution in [-0.4, -0.2) is 11.8 Å². The Labute approximate surface area is 169 Å². The Balaban J connectivity index is 1.52. The molecule has 3 aromatic carbocycles. The maximum Gasteiger partial charge on any atom is 0.343 e. The van der Waals surface area contributed by atoms with Crippen LogP contribution in [0.25, 0.3) is 6.08 Å². The largest absolute Gasteiger partial charge is 0.452 e. The van der Waals surface area contributed by atoms with Crippen LogP contribution < -0.4 is 9.47 Å². The van der Waals surface area contributed by atoms with E-state index in [1.54, 1.807) is 36.4 Å². The van der Waals surface area contributed by atoms with Gasteiger partial charge in [-0.15, -0.1) is 0 Å². The van der Waals surface area contributed by atoms with Crippen molar-refractivity contribution in [1.82, 2.24) is 0 Å². The van der Waals surface area contributed by atoms with Gasteiger partial charge in [-0.2, -0.15) is 0 Å². The molecule has 0 spiro atoms. The zero-order valence-corrected chi connectivity index (χ0v) is 16.3. The molecule has 0 unspecified atom stereocenters. The average Bonchev–Trinajstić information content (AvgIpc) is 3.03. The van der Waals surface area contributed by atoms with Crippen LogP contribution >= 0.6 is 0 Å². The van der Waals surface area contributed by atoms with Crippen LogP contribution in [0.2, 0.25) is 0 Å². The molecule has 0 amide bonds. The molecule has 0 fully saturated rings. The highest BCUT2D eigenvalue weighted by atomic mass is 16.5. The zero-order valence-electron chi connectivity index (χ0n) is 16.3. The Hall–Kier alpha value is -3.66. The molecule has 0 aromatic heterocycles. The number of Topliss-reactive ketones (excluding diaryl/α,β-unsaturated/α-hetero) is 1. The van der Waals surface area contributed by atoms with E-state index in [2.05, 4.69) is 6.92 Å². The lowest BCUT2D eigenvalue weighted by Crippen LogP contribution is -2.08. The van der Waals surface area contributed by atoms with Gasteiger partial charge in [-0.1, -0.05) is 48.9 Å². The number of allylic oxidation sites excluding steroid dienone is 1. The van der Waals surface area contributed by atoms with Crippen molar-refractivity contribution in [2.45, 2.75) is 20.3 Å². The van der Waals surface area contributed by atoms with E-state index >= 15 is 0 Å². The molecule has 3 aromatic rings. The Bertz CT molecular complexity index is 1110. The van der Waals surface area contributed by atoms with Crippen molar-refractivity contribution in [3.8, 4) is 11.5 Å². The van der Waals surface area contributed by atoms with Crippen LogP contribution in [0.5, 0.6) is 11.5 Å². The minimum absolute atomic E-state index is 0.184. The van der Waals surface area contributed by atoms with Gasteiger partial charge in [0.05, 0.1) is 11.1 Å². The van der Waals surface area contributed by atoms with Crippen LogP contribution in [0.15, 0.2) is 72.5 Å². The Morgan fingerprint density at radius 1 is 1.00 bits per heavy atom. The molecule has 1 heterocycles. The number of benzene rings is 3. The first-order valence-corrected chi connectivity index (χ1v) is 9.49. The minimum atomic E-state index is -0.457. The number of carbonyl (C=O) groups excluding carboxylic acids is 2. The van der Waals surface area contributed by atoms with Crippen molar-refractivity contribution in [1.29, 1.82) is 0 Å². The second-order valence-corrected chi connectivity index (χ2v) is 6.95. The third-order valence-corrected chi connectivity index (χ3v) is 4.82. The minimum Gasteiger partial charge on any atom is -0.452 e. The first kappa shape index (κ1) is 18.7. The molecule has 0 saturated heterocycles. The number of fused-ring (bicyclic) bond motifs is 1. The summed E-state index contributed by atoms with van der Waals surface area (Å²) >= 11 is 0. The van der Waals surface area contributed by atoms with E-state index in [4.69, 9.17) is 9.47 Å². The second-order valence-electron chi connectivity index (χ2n) is 6.95. The third-order valence-electron chi connectivity index (χ3n) is 4.82. The number of aryl methyl sites for hydroxylation is 2. The Morgan fingerprint density at radius 2 is 1.72 bits per heavy atom. The molecular formula is C25H20O4. The van der Waals surface area contributed by atoms with Crippen LogP contribution in [0, 0.1) is 6.92 Å². The van der Waals surface area contributed by atoms with Crippen molar-refractivity contribution in [2.75, 3.05) is 0 Å². The van der Waals surface area contributed by atoms with Gasteiger partial charge in [0.25, 0.3) is 0 Å². The van der Waals surface area contributed by atoms with Crippen LogP contribution in [-0.2, 0) is 6.42 Å². The monoisotopic (exact) mass is 384 g/mol. The number of ether oxygens (including phenoxy) is 2. The summed E-state index contributed by atoms with van der Waals surface area (Å²) in [6.45, 7) is 4.05. The van der Waals surface area contributed by atoms with Crippen molar-refractivity contribution < 1.29 is 19.1 Å². The molecule has 4 rings (SSSR count). The van der Waals surface area contributed by atoms with Gasteiger partial charge >= 0.3 is 5.97 Å². The van der Waals surface area contributed by atoms with Gasteiger partial charge in [0.1, 0.15) is 11.5 Å². The lowest BCUT2D eigenvalue weighted by molar-refractivity contribution is 0.0734. The highest BCUT2D eigenvalue weighted by Crippen LogP contribution is 2.35. The molecule has 29 heavy (non-hydrogen) atoms. The summed E-state index contributed by atoms with van der Waals surface area (Å²) < 4.78 is 11.2. The molecule has 1 aliphatic rings. The predicted octanol–water partition coefficient (Wildman–Crippen LogP) is 5.39. The SMILES string of the molecule is CCc1ccc(/C=C2\Oc3cc(OC(=O)c4ccc(C)cc4)ccc3C2=O)cc1. The maximum atomic E-state index is 12.6. The van der Waals surface area contributed by atoms with E-state index in [1.165, 1.54) is 5.56 Å².